The Morgan fingerprint density at radius 2 is 1.65 bits per heavy atom. The van der Waals surface area contributed by atoms with E-state index in [-0.39, 0.29) is 23.8 Å². The fourth-order valence-electron chi connectivity index (χ4n) is 4.64. The molecular formula is C27H29NO3. The van der Waals surface area contributed by atoms with Gasteiger partial charge >= 0.3 is 5.97 Å². The number of carbonyl (C=O) groups excluding carboxylic acids is 2. The van der Waals surface area contributed by atoms with E-state index >= 15 is 0 Å². The average Bonchev–Trinajstić information content (AvgIpc) is 2.73. The maximum absolute atomic E-state index is 13.5. The maximum Gasteiger partial charge on any atom is 0.337 e. The summed E-state index contributed by atoms with van der Waals surface area (Å²) in [5, 5.41) is 3.40. The first-order valence-corrected chi connectivity index (χ1v) is 10.9. The van der Waals surface area contributed by atoms with Crippen molar-refractivity contribution in [2.75, 3.05) is 0 Å². The summed E-state index contributed by atoms with van der Waals surface area (Å²) in [4.78, 5) is 26.6. The number of carbonyl (C=O) groups is 2. The van der Waals surface area contributed by atoms with Crippen molar-refractivity contribution in [2.45, 2.75) is 58.5 Å². The van der Waals surface area contributed by atoms with Crippen molar-refractivity contribution in [2.24, 2.45) is 0 Å². The molecule has 4 rings (SSSR count). The van der Waals surface area contributed by atoms with Gasteiger partial charge in [-0.3, -0.25) is 4.79 Å². The molecule has 0 saturated carbocycles. The summed E-state index contributed by atoms with van der Waals surface area (Å²) in [6.45, 7) is 7.61. The van der Waals surface area contributed by atoms with Crippen molar-refractivity contribution in [1.29, 1.82) is 0 Å². The number of dihydropyridines is 1. The van der Waals surface area contributed by atoms with E-state index < -0.39 is 5.92 Å². The molecule has 0 fully saturated rings. The zero-order valence-electron chi connectivity index (χ0n) is 18.6. The Bertz CT molecular complexity index is 1060. The highest BCUT2D eigenvalue weighted by molar-refractivity contribution is 6.04. The molecule has 0 bridgehead atoms. The van der Waals surface area contributed by atoms with Gasteiger partial charge in [-0.15, -0.1) is 0 Å². The van der Waals surface area contributed by atoms with Gasteiger partial charge in [-0.1, -0.05) is 60.2 Å². The van der Waals surface area contributed by atoms with Gasteiger partial charge < -0.3 is 10.1 Å². The predicted molar refractivity (Wildman–Crippen MR) is 121 cm³/mol. The molecule has 2 aromatic rings. The minimum atomic E-state index is -0.410. The van der Waals surface area contributed by atoms with Gasteiger partial charge in [-0.2, -0.15) is 0 Å². The summed E-state index contributed by atoms with van der Waals surface area (Å²) >= 11 is 0. The molecule has 2 aliphatic rings. The molecule has 0 spiro atoms. The van der Waals surface area contributed by atoms with Crippen LogP contribution in [0.1, 0.15) is 62.1 Å². The zero-order chi connectivity index (χ0) is 22.1. The Hall–Kier alpha value is -3.14. The summed E-state index contributed by atoms with van der Waals surface area (Å²) in [6.07, 6.45) is 0.960. The Balaban J connectivity index is 1.79. The molecule has 1 aliphatic carbocycles. The largest absolute Gasteiger partial charge is 0.460 e. The first kappa shape index (κ1) is 21.1. The lowest BCUT2D eigenvalue weighted by Crippen LogP contribution is -2.36. The molecule has 4 nitrogen and oxygen atoms in total. The van der Waals surface area contributed by atoms with Gasteiger partial charge in [-0.05, 0) is 51.2 Å². The van der Waals surface area contributed by atoms with Crippen LogP contribution in [0.25, 0.3) is 0 Å². The highest BCUT2D eigenvalue weighted by Crippen LogP contribution is 2.45. The minimum Gasteiger partial charge on any atom is -0.460 e. The molecule has 0 unspecified atom stereocenters. The summed E-state index contributed by atoms with van der Waals surface area (Å²) in [5.41, 5.74) is 6.17. The van der Waals surface area contributed by atoms with E-state index in [9.17, 15) is 9.59 Å². The minimum absolute atomic E-state index is 0.0931. The lowest BCUT2D eigenvalue weighted by atomic mass is 9.71. The van der Waals surface area contributed by atoms with Crippen LogP contribution in [0.15, 0.2) is 77.1 Å². The van der Waals surface area contributed by atoms with E-state index in [1.165, 1.54) is 5.56 Å². The highest BCUT2D eigenvalue weighted by atomic mass is 16.5. The smallest absolute Gasteiger partial charge is 0.337 e. The molecule has 0 amide bonds. The fraction of sp³-hybridized carbons (Fsp3) is 0.333. The van der Waals surface area contributed by atoms with Crippen LogP contribution in [-0.4, -0.2) is 17.9 Å². The van der Waals surface area contributed by atoms with Crippen molar-refractivity contribution in [3.05, 3.63) is 93.8 Å². The normalized spacial score (nSPS) is 21.1. The molecule has 1 aliphatic heterocycles. The SMILES string of the molecule is CC1=C(C(=O)OC(C)C)[C@H](c2ccc(C)cc2)C2=C(C[C@H](c3ccccc3)CC2=O)N1. The number of esters is 1. The van der Waals surface area contributed by atoms with E-state index in [0.717, 1.165) is 28.9 Å². The van der Waals surface area contributed by atoms with Gasteiger partial charge in [0.25, 0.3) is 0 Å². The second kappa shape index (κ2) is 8.54. The van der Waals surface area contributed by atoms with E-state index in [4.69, 9.17) is 4.74 Å². The molecule has 0 saturated heterocycles. The highest BCUT2D eigenvalue weighted by Gasteiger charge is 2.41. The van der Waals surface area contributed by atoms with E-state index in [2.05, 4.69) is 17.4 Å². The van der Waals surface area contributed by atoms with Gasteiger partial charge in [0.15, 0.2) is 5.78 Å². The van der Waals surface area contributed by atoms with Crippen LogP contribution in [0.3, 0.4) is 0 Å². The number of hydrogen-bond acceptors (Lipinski definition) is 4. The van der Waals surface area contributed by atoms with Gasteiger partial charge in [0.2, 0.25) is 0 Å². The third-order valence-corrected chi connectivity index (χ3v) is 6.07. The molecule has 160 valence electrons. The summed E-state index contributed by atoms with van der Waals surface area (Å²) in [6, 6.07) is 18.3. The quantitative estimate of drug-likeness (QED) is 0.688. The van der Waals surface area contributed by atoms with Gasteiger partial charge in [0.1, 0.15) is 0 Å². The third-order valence-electron chi connectivity index (χ3n) is 6.07. The monoisotopic (exact) mass is 415 g/mol. The van der Waals surface area contributed by atoms with Crippen molar-refractivity contribution < 1.29 is 14.3 Å². The number of ketones is 1. The van der Waals surface area contributed by atoms with E-state index in [0.29, 0.717) is 17.6 Å². The molecular weight excluding hydrogens is 386 g/mol. The molecule has 4 heteroatoms. The number of nitrogens with one attached hydrogen (secondary N) is 1. The number of hydrogen-bond donors (Lipinski definition) is 1. The first-order chi connectivity index (χ1) is 14.8. The first-order valence-electron chi connectivity index (χ1n) is 10.9. The van der Waals surface area contributed by atoms with Gasteiger partial charge in [0.05, 0.1) is 11.7 Å². The zero-order valence-corrected chi connectivity index (χ0v) is 18.6. The van der Waals surface area contributed by atoms with Crippen LogP contribution >= 0.6 is 0 Å². The van der Waals surface area contributed by atoms with Crippen LogP contribution in [0.4, 0.5) is 0 Å². The third kappa shape index (κ3) is 4.20. The summed E-state index contributed by atoms with van der Waals surface area (Å²) in [7, 11) is 0. The Kier molecular flexibility index (Phi) is 5.81. The number of rotatable bonds is 4. The van der Waals surface area contributed by atoms with Gasteiger partial charge in [0, 0.05) is 29.3 Å². The topological polar surface area (TPSA) is 55.4 Å². The maximum atomic E-state index is 13.5. The molecule has 1 N–H and O–H groups in total. The fourth-order valence-corrected chi connectivity index (χ4v) is 4.64. The lowest BCUT2D eigenvalue weighted by molar-refractivity contribution is -0.143. The molecule has 0 radical (unpaired) electrons. The van der Waals surface area contributed by atoms with E-state index in [1.54, 1.807) is 0 Å². The predicted octanol–water partition coefficient (Wildman–Crippen LogP) is 5.31. The number of ether oxygens (including phenoxy) is 1. The second-order valence-corrected chi connectivity index (χ2v) is 8.79. The Morgan fingerprint density at radius 1 is 0.968 bits per heavy atom. The van der Waals surface area contributed by atoms with Crippen LogP contribution in [0, 0.1) is 6.92 Å². The molecule has 31 heavy (non-hydrogen) atoms. The number of allylic oxidation sites excluding steroid dienone is 3. The Morgan fingerprint density at radius 3 is 2.29 bits per heavy atom. The number of benzene rings is 2. The van der Waals surface area contributed by atoms with Crippen LogP contribution in [-0.2, 0) is 14.3 Å². The summed E-state index contributed by atoms with van der Waals surface area (Å²) < 4.78 is 5.57. The van der Waals surface area contributed by atoms with Crippen molar-refractivity contribution >= 4 is 11.8 Å². The van der Waals surface area contributed by atoms with E-state index in [1.807, 2.05) is 70.2 Å². The van der Waals surface area contributed by atoms with Crippen molar-refractivity contribution in [3.8, 4) is 0 Å². The lowest BCUT2D eigenvalue weighted by Gasteiger charge is -2.37. The standard InChI is InChI=1S/C27H29NO3/c1-16(2)31-27(30)24-18(4)28-22-14-21(19-8-6-5-7-9-19)15-23(29)26(22)25(24)20-12-10-17(3)11-13-20/h5-13,16,21,25,28H,14-15H2,1-4H3/t21-,25-/m0/s1. The molecule has 1 heterocycles. The second-order valence-electron chi connectivity index (χ2n) is 8.79. The average molecular weight is 416 g/mol. The van der Waals surface area contributed by atoms with Crippen LogP contribution < -0.4 is 5.32 Å². The number of Topliss-reactive ketones (excluding diaryl/α,β-unsaturated/α-hetero) is 1. The Labute approximate surface area is 184 Å². The van der Waals surface area contributed by atoms with Gasteiger partial charge in [-0.25, -0.2) is 4.79 Å². The molecule has 0 aromatic heterocycles. The molecule has 2 atom stereocenters. The van der Waals surface area contributed by atoms with Crippen molar-refractivity contribution in [3.63, 3.8) is 0 Å². The van der Waals surface area contributed by atoms with Crippen LogP contribution in [0.2, 0.25) is 0 Å². The number of aryl methyl sites for hydroxylation is 1. The summed E-state index contributed by atoms with van der Waals surface area (Å²) in [5.74, 6) is -0.548. The molecule has 2 aromatic carbocycles. The van der Waals surface area contributed by atoms with Crippen molar-refractivity contribution in [1.82, 2.24) is 5.32 Å². The van der Waals surface area contributed by atoms with Crippen LogP contribution in [0.5, 0.6) is 0 Å².